The van der Waals surface area contributed by atoms with Gasteiger partial charge in [0, 0.05) is 5.54 Å². The zero-order valence-electron chi connectivity index (χ0n) is 15.8. The van der Waals surface area contributed by atoms with Gasteiger partial charge in [-0.15, -0.1) is 11.3 Å². The monoisotopic (exact) mass is 370 g/mol. The van der Waals surface area contributed by atoms with Gasteiger partial charge in [-0.2, -0.15) is 0 Å². The van der Waals surface area contributed by atoms with Gasteiger partial charge < -0.3 is 10.8 Å². The highest BCUT2D eigenvalue weighted by atomic mass is 32.1. The lowest BCUT2D eigenvalue weighted by Gasteiger charge is -2.22. The largest absolute Gasteiger partial charge is 0.394 e. The van der Waals surface area contributed by atoms with E-state index in [4.69, 9.17) is 10.7 Å². The zero-order valence-corrected chi connectivity index (χ0v) is 16.6. The average molecular weight is 371 g/mol. The summed E-state index contributed by atoms with van der Waals surface area (Å²) in [5.41, 5.74) is 11.5. The Morgan fingerprint density at radius 3 is 2.96 bits per heavy atom. The highest BCUT2D eigenvalue weighted by Crippen LogP contribution is 2.43. The molecule has 140 valence electrons. The second-order valence-corrected chi connectivity index (χ2v) is 9.30. The molecule has 4 heteroatoms. The van der Waals surface area contributed by atoms with Gasteiger partial charge >= 0.3 is 0 Å². The van der Waals surface area contributed by atoms with Crippen LogP contribution < -0.4 is 5.73 Å². The number of aliphatic hydroxyl groups excluding tert-OH is 1. The van der Waals surface area contributed by atoms with Crippen LogP contribution in [0, 0.1) is 0 Å². The Hall–Kier alpha value is -1.23. The molecule has 1 aromatic carbocycles. The molecular formula is C22H30N2OS. The molecule has 1 heterocycles. The van der Waals surface area contributed by atoms with Crippen LogP contribution in [0.1, 0.15) is 73.2 Å². The molecule has 1 fully saturated rings. The molecule has 1 saturated carbocycles. The summed E-state index contributed by atoms with van der Waals surface area (Å²) >= 11 is 1.91. The molecule has 3 nitrogen and oxygen atoms in total. The zero-order chi connectivity index (χ0) is 18.1. The quantitative estimate of drug-likeness (QED) is 0.731. The third kappa shape index (κ3) is 3.47. The van der Waals surface area contributed by atoms with Gasteiger partial charge in [0.1, 0.15) is 0 Å². The number of nitrogens with two attached hydrogens (primary N) is 1. The molecule has 2 atom stereocenters. The normalized spacial score (nSPS) is 24.5. The van der Waals surface area contributed by atoms with Gasteiger partial charge in [0.15, 0.2) is 0 Å². The Morgan fingerprint density at radius 1 is 1.31 bits per heavy atom. The summed E-state index contributed by atoms with van der Waals surface area (Å²) < 4.78 is 0. The molecule has 1 aromatic heterocycles. The molecule has 0 bridgehead atoms. The van der Waals surface area contributed by atoms with Crippen LogP contribution >= 0.6 is 11.3 Å². The first-order valence-electron chi connectivity index (χ1n) is 10.1. The van der Waals surface area contributed by atoms with Crippen molar-refractivity contribution in [3.05, 3.63) is 40.0 Å². The standard InChI is InChI=1S/C22H30N2OS/c1-2-3-4-5-20-24-19-9-7-16-12-15(6-8-18(16)21(19)26-20)17-10-11-22(23,13-17)14-25/h6,8,12,17,25H,2-5,7,9-11,13-14,23H2,1H3/t17-,22-/m0/s1. The topological polar surface area (TPSA) is 59.1 Å². The van der Waals surface area contributed by atoms with E-state index in [1.807, 2.05) is 11.3 Å². The summed E-state index contributed by atoms with van der Waals surface area (Å²) in [4.78, 5) is 6.33. The van der Waals surface area contributed by atoms with E-state index < -0.39 is 0 Å². The number of unbranched alkanes of at least 4 members (excludes halogenated alkanes) is 2. The third-order valence-electron chi connectivity index (χ3n) is 6.17. The Kier molecular flexibility index (Phi) is 5.18. The van der Waals surface area contributed by atoms with E-state index in [1.54, 1.807) is 0 Å². The van der Waals surface area contributed by atoms with E-state index >= 15 is 0 Å². The summed E-state index contributed by atoms with van der Waals surface area (Å²) in [5, 5.41) is 10.9. The van der Waals surface area contributed by atoms with Crippen LogP contribution in [0.4, 0.5) is 0 Å². The minimum absolute atomic E-state index is 0.0967. The van der Waals surface area contributed by atoms with Crippen molar-refractivity contribution in [3.8, 4) is 10.4 Å². The summed E-state index contributed by atoms with van der Waals surface area (Å²) in [6.07, 6.45) is 10.0. The molecule has 0 radical (unpaired) electrons. The number of aryl methyl sites for hydroxylation is 3. The number of rotatable bonds is 6. The van der Waals surface area contributed by atoms with Crippen molar-refractivity contribution in [2.24, 2.45) is 5.73 Å². The van der Waals surface area contributed by atoms with E-state index in [2.05, 4.69) is 25.1 Å². The maximum absolute atomic E-state index is 9.54. The lowest BCUT2D eigenvalue weighted by atomic mass is 9.87. The molecule has 0 spiro atoms. The number of nitrogens with zero attached hydrogens (tertiary/aromatic N) is 1. The summed E-state index contributed by atoms with van der Waals surface area (Å²) in [6.45, 7) is 2.35. The number of fused-ring (bicyclic) bond motifs is 3. The predicted octanol–water partition coefficient (Wildman–Crippen LogP) is 4.60. The van der Waals surface area contributed by atoms with E-state index in [0.717, 1.165) is 38.5 Å². The number of aromatic nitrogens is 1. The van der Waals surface area contributed by atoms with E-state index in [-0.39, 0.29) is 12.1 Å². The van der Waals surface area contributed by atoms with Gasteiger partial charge in [-0.05, 0) is 67.6 Å². The first kappa shape index (κ1) is 18.1. The smallest absolute Gasteiger partial charge is 0.0934 e. The Bertz CT molecular complexity index is 784. The summed E-state index contributed by atoms with van der Waals surface area (Å²) in [6, 6.07) is 7.01. The molecule has 2 aliphatic carbocycles. The van der Waals surface area contributed by atoms with Crippen LogP contribution in [-0.2, 0) is 19.3 Å². The van der Waals surface area contributed by atoms with E-state index in [9.17, 15) is 5.11 Å². The second-order valence-electron chi connectivity index (χ2n) is 8.22. The molecule has 0 saturated heterocycles. The fourth-order valence-corrected chi connectivity index (χ4v) is 5.76. The molecular weight excluding hydrogens is 340 g/mol. The SMILES string of the molecule is CCCCCc1nc2c(s1)-c1ccc([C@H]3CC[C@@](N)(CO)C3)cc1CC2. The minimum Gasteiger partial charge on any atom is -0.394 e. The van der Waals surface area contributed by atoms with E-state index in [1.165, 1.54) is 51.5 Å². The van der Waals surface area contributed by atoms with Crippen molar-refractivity contribution in [3.63, 3.8) is 0 Å². The van der Waals surface area contributed by atoms with Gasteiger partial charge in [0.25, 0.3) is 0 Å². The second kappa shape index (κ2) is 7.41. The molecule has 26 heavy (non-hydrogen) atoms. The van der Waals surface area contributed by atoms with Gasteiger partial charge in [-0.25, -0.2) is 4.98 Å². The summed E-state index contributed by atoms with van der Waals surface area (Å²) in [7, 11) is 0. The lowest BCUT2D eigenvalue weighted by Crippen LogP contribution is -2.40. The van der Waals surface area contributed by atoms with Gasteiger partial charge in [0.05, 0.1) is 22.2 Å². The minimum atomic E-state index is -0.376. The van der Waals surface area contributed by atoms with Crippen LogP contribution in [-0.4, -0.2) is 22.2 Å². The van der Waals surface area contributed by atoms with Gasteiger partial charge in [-0.1, -0.05) is 38.0 Å². The Labute approximate surface area is 160 Å². The van der Waals surface area contributed by atoms with Crippen LogP contribution in [0.5, 0.6) is 0 Å². The molecule has 3 N–H and O–H groups in total. The average Bonchev–Trinajstić information content (AvgIpc) is 3.25. The number of hydrogen-bond acceptors (Lipinski definition) is 4. The van der Waals surface area contributed by atoms with Crippen molar-refractivity contribution in [2.75, 3.05) is 6.61 Å². The van der Waals surface area contributed by atoms with Crippen LogP contribution in [0.25, 0.3) is 10.4 Å². The number of thiazole rings is 1. The van der Waals surface area contributed by atoms with Gasteiger partial charge in [-0.3, -0.25) is 0 Å². The first-order valence-corrected chi connectivity index (χ1v) is 10.9. The van der Waals surface area contributed by atoms with Crippen molar-refractivity contribution >= 4 is 11.3 Å². The van der Waals surface area contributed by atoms with Crippen molar-refractivity contribution in [1.29, 1.82) is 0 Å². The fourth-order valence-electron chi connectivity index (χ4n) is 4.55. The summed E-state index contributed by atoms with van der Waals surface area (Å²) in [5.74, 6) is 0.491. The van der Waals surface area contributed by atoms with Crippen LogP contribution in [0.2, 0.25) is 0 Å². The fraction of sp³-hybridized carbons (Fsp3) is 0.591. The number of aliphatic hydroxyl groups is 1. The molecule has 4 rings (SSSR count). The molecule has 0 aliphatic heterocycles. The first-order chi connectivity index (χ1) is 12.6. The number of benzene rings is 1. The van der Waals surface area contributed by atoms with Crippen LogP contribution in [0.15, 0.2) is 18.2 Å². The highest BCUT2D eigenvalue weighted by Gasteiger charge is 2.36. The molecule has 0 amide bonds. The Balaban J connectivity index is 1.55. The predicted molar refractivity (Wildman–Crippen MR) is 109 cm³/mol. The van der Waals surface area contributed by atoms with Crippen molar-refractivity contribution in [2.45, 2.75) is 76.2 Å². The van der Waals surface area contributed by atoms with Crippen molar-refractivity contribution in [1.82, 2.24) is 4.98 Å². The molecule has 2 aliphatic rings. The third-order valence-corrected chi connectivity index (χ3v) is 7.36. The maximum Gasteiger partial charge on any atom is 0.0934 e. The Morgan fingerprint density at radius 2 is 2.19 bits per heavy atom. The van der Waals surface area contributed by atoms with Crippen molar-refractivity contribution < 1.29 is 5.11 Å². The molecule has 2 aromatic rings. The molecule has 0 unspecified atom stereocenters. The van der Waals surface area contributed by atoms with Crippen LogP contribution in [0.3, 0.4) is 0 Å². The highest BCUT2D eigenvalue weighted by molar-refractivity contribution is 7.15. The van der Waals surface area contributed by atoms with E-state index in [0.29, 0.717) is 5.92 Å². The number of hydrogen-bond donors (Lipinski definition) is 2. The maximum atomic E-state index is 9.54. The van der Waals surface area contributed by atoms with Gasteiger partial charge in [0.2, 0.25) is 0 Å². The lowest BCUT2D eigenvalue weighted by molar-refractivity contribution is 0.198.